The van der Waals surface area contributed by atoms with Gasteiger partial charge in [-0.2, -0.15) is 0 Å². The van der Waals surface area contributed by atoms with Crippen LogP contribution in [0.2, 0.25) is 0 Å². The molecule has 19 heavy (non-hydrogen) atoms. The van der Waals surface area contributed by atoms with Crippen LogP contribution in [0.25, 0.3) is 0 Å². The Hall–Kier alpha value is -2.33. The quantitative estimate of drug-likeness (QED) is 0.304. The third-order valence-electron chi connectivity index (χ3n) is 2.26. The molecule has 1 aliphatic heterocycles. The summed E-state index contributed by atoms with van der Waals surface area (Å²) in [4.78, 5) is 10.8. The largest absolute Gasteiger partial charge is 0.508 e. The van der Waals surface area contributed by atoms with Crippen LogP contribution < -0.4 is 0 Å². The van der Waals surface area contributed by atoms with Crippen molar-refractivity contribution in [2.75, 3.05) is 27.4 Å². The van der Waals surface area contributed by atoms with Crippen molar-refractivity contribution in [3.05, 3.63) is 42.2 Å². The Bertz CT molecular complexity index is 430. The van der Waals surface area contributed by atoms with Gasteiger partial charge in [0.05, 0.1) is 14.2 Å². The first-order valence-corrected chi connectivity index (χ1v) is 5.47. The molecule has 1 unspecified atom stereocenters. The van der Waals surface area contributed by atoms with Crippen LogP contribution in [0.3, 0.4) is 0 Å². The predicted octanol–water partition coefficient (Wildman–Crippen LogP) is 1.90. The molecule has 0 amide bonds. The number of ether oxygens (including phenoxy) is 5. The molecule has 1 heterocycles. The SMILES string of the molecule is C=C=C(OC)/C(OCC1COC(=O)O1)=C(\C=C)OC. The highest BCUT2D eigenvalue weighted by Crippen LogP contribution is 2.19. The molecule has 0 saturated carbocycles. The van der Waals surface area contributed by atoms with Gasteiger partial charge in [0.25, 0.3) is 0 Å². The van der Waals surface area contributed by atoms with Crippen molar-refractivity contribution in [3.8, 4) is 0 Å². The molecule has 1 atom stereocenters. The van der Waals surface area contributed by atoms with Crippen LogP contribution >= 0.6 is 0 Å². The van der Waals surface area contributed by atoms with E-state index in [2.05, 4.69) is 23.6 Å². The van der Waals surface area contributed by atoms with Crippen LogP contribution in [0.4, 0.5) is 4.79 Å². The first-order chi connectivity index (χ1) is 9.15. The fraction of sp³-hybridized carbons (Fsp3) is 0.385. The molecule has 0 aromatic heterocycles. The Morgan fingerprint density at radius 1 is 1.53 bits per heavy atom. The Morgan fingerprint density at radius 2 is 2.26 bits per heavy atom. The summed E-state index contributed by atoms with van der Waals surface area (Å²) in [5.74, 6) is 0.901. The molecule has 1 saturated heterocycles. The van der Waals surface area contributed by atoms with E-state index < -0.39 is 12.3 Å². The molecule has 0 aliphatic carbocycles. The molecule has 0 N–H and O–H groups in total. The van der Waals surface area contributed by atoms with Gasteiger partial charge in [0.2, 0.25) is 11.5 Å². The summed E-state index contributed by atoms with van der Waals surface area (Å²) < 4.78 is 25.2. The average Bonchev–Trinajstić information content (AvgIpc) is 2.83. The average molecular weight is 268 g/mol. The van der Waals surface area contributed by atoms with E-state index in [9.17, 15) is 4.79 Å². The van der Waals surface area contributed by atoms with Crippen molar-refractivity contribution in [2.24, 2.45) is 0 Å². The minimum absolute atomic E-state index is 0.0936. The van der Waals surface area contributed by atoms with Gasteiger partial charge in [-0.15, -0.1) is 0 Å². The predicted molar refractivity (Wildman–Crippen MR) is 66.1 cm³/mol. The van der Waals surface area contributed by atoms with Gasteiger partial charge in [0, 0.05) is 0 Å². The summed E-state index contributed by atoms with van der Waals surface area (Å²) >= 11 is 0. The molecule has 6 heteroatoms. The summed E-state index contributed by atoms with van der Waals surface area (Å²) in [5, 5.41) is 0. The Kier molecular flexibility index (Phi) is 5.57. The highest BCUT2D eigenvalue weighted by atomic mass is 16.8. The molecule has 1 aliphatic rings. The topological polar surface area (TPSA) is 63.2 Å². The third kappa shape index (κ3) is 3.82. The van der Waals surface area contributed by atoms with Gasteiger partial charge in [-0.25, -0.2) is 4.79 Å². The van der Waals surface area contributed by atoms with E-state index in [4.69, 9.17) is 18.9 Å². The molecular formula is C13H16O6. The number of cyclic esters (lactones) is 2. The Labute approximate surface area is 111 Å². The molecule has 0 bridgehead atoms. The second kappa shape index (κ2) is 7.18. The van der Waals surface area contributed by atoms with Crippen LogP contribution in [0, 0.1) is 0 Å². The summed E-state index contributed by atoms with van der Waals surface area (Å²) in [6, 6.07) is 0. The van der Waals surface area contributed by atoms with E-state index >= 15 is 0 Å². The van der Waals surface area contributed by atoms with E-state index in [0.717, 1.165) is 0 Å². The maximum Gasteiger partial charge on any atom is 0.508 e. The summed E-state index contributed by atoms with van der Waals surface area (Å²) in [7, 11) is 2.92. The number of hydrogen-bond acceptors (Lipinski definition) is 6. The number of methoxy groups -OCH3 is 2. The van der Waals surface area contributed by atoms with E-state index in [-0.39, 0.29) is 24.7 Å². The lowest BCUT2D eigenvalue weighted by molar-refractivity contribution is 0.0663. The number of rotatable bonds is 7. The monoisotopic (exact) mass is 268 g/mol. The molecule has 0 spiro atoms. The molecule has 0 aromatic carbocycles. The Morgan fingerprint density at radius 3 is 2.68 bits per heavy atom. The second-order valence-corrected chi connectivity index (χ2v) is 3.42. The third-order valence-corrected chi connectivity index (χ3v) is 2.26. The number of carbonyl (C=O) groups is 1. The molecule has 1 fully saturated rings. The fourth-order valence-corrected chi connectivity index (χ4v) is 1.39. The van der Waals surface area contributed by atoms with Crippen LogP contribution in [-0.2, 0) is 23.7 Å². The van der Waals surface area contributed by atoms with Gasteiger partial charge >= 0.3 is 6.16 Å². The number of allylic oxidation sites excluding steroid dienone is 1. The molecule has 0 aromatic rings. The van der Waals surface area contributed by atoms with Crippen molar-refractivity contribution < 1.29 is 28.5 Å². The normalized spacial score (nSPS) is 18.4. The smallest absolute Gasteiger partial charge is 0.493 e. The zero-order valence-corrected chi connectivity index (χ0v) is 10.9. The maximum absolute atomic E-state index is 10.8. The summed E-state index contributed by atoms with van der Waals surface area (Å²) in [6.07, 6.45) is 0.275. The van der Waals surface area contributed by atoms with Gasteiger partial charge in [-0.3, -0.25) is 0 Å². The van der Waals surface area contributed by atoms with Crippen molar-refractivity contribution in [3.63, 3.8) is 0 Å². The first kappa shape index (κ1) is 14.7. The number of hydrogen-bond donors (Lipinski definition) is 0. The van der Waals surface area contributed by atoms with E-state index in [1.165, 1.54) is 20.3 Å². The molecule has 104 valence electrons. The minimum Gasteiger partial charge on any atom is -0.493 e. The standard InChI is InChI=1S/C13H16O6/c1-5-10(15-3)12(11(6-2)16-4)17-7-9-8-18-13(14)19-9/h5,9H,1-2,7-8H2,3-4H3/b12-10-. The second-order valence-electron chi connectivity index (χ2n) is 3.42. The van der Waals surface area contributed by atoms with Crippen molar-refractivity contribution in [1.29, 1.82) is 0 Å². The van der Waals surface area contributed by atoms with Gasteiger partial charge in [0.15, 0.2) is 11.9 Å². The van der Waals surface area contributed by atoms with Crippen LogP contribution in [0.15, 0.2) is 42.2 Å². The van der Waals surface area contributed by atoms with Crippen LogP contribution in [-0.4, -0.2) is 39.7 Å². The summed E-state index contributed by atoms with van der Waals surface area (Å²) in [5.41, 5.74) is 2.58. The highest BCUT2D eigenvalue weighted by Gasteiger charge is 2.27. The molecule has 1 rings (SSSR count). The van der Waals surface area contributed by atoms with E-state index in [0.29, 0.717) is 5.76 Å². The van der Waals surface area contributed by atoms with Crippen LogP contribution in [0.1, 0.15) is 0 Å². The first-order valence-electron chi connectivity index (χ1n) is 5.47. The molecule has 0 radical (unpaired) electrons. The van der Waals surface area contributed by atoms with Gasteiger partial charge < -0.3 is 23.7 Å². The zero-order chi connectivity index (χ0) is 14.3. The van der Waals surface area contributed by atoms with E-state index in [1.54, 1.807) is 0 Å². The van der Waals surface area contributed by atoms with Gasteiger partial charge in [-0.05, 0) is 6.08 Å². The van der Waals surface area contributed by atoms with Gasteiger partial charge in [0.1, 0.15) is 13.2 Å². The lowest BCUT2D eigenvalue weighted by atomic mass is 10.3. The van der Waals surface area contributed by atoms with Crippen molar-refractivity contribution in [1.82, 2.24) is 0 Å². The van der Waals surface area contributed by atoms with Crippen molar-refractivity contribution in [2.45, 2.75) is 6.10 Å². The lowest BCUT2D eigenvalue weighted by Crippen LogP contribution is -2.19. The number of carbonyl (C=O) groups excluding carboxylic acids is 1. The maximum atomic E-state index is 10.8. The summed E-state index contributed by atoms with van der Waals surface area (Å²) in [6.45, 7) is 7.34. The van der Waals surface area contributed by atoms with Gasteiger partial charge in [-0.1, -0.05) is 18.9 Å². The lowest BCUT2D eigenvalue weighted by Gasteiger charge is -2.15. The van der Waals surface area contributed by atoms with Crippen LogP contribution in [0.5, 0.6) is 0 Å². The molecule has 6 nitrogen and oxygen atoms in total. The Balaban J connectivity index is 2.81. The highest BCUT2D eigenvalue weighted by molar-refractivity contribution is 5.61. The minimum atomic E-state index is -0.707. The molecular weight excluding hydrogens is 252 g/mol. The van der Waals surface area contributed by atoms with Crippen molar-refractivity contribution >= 4 is 6.16 Å². The fourth-order valence-electron chi connectivity index (χ4n) is 1.39. The van der Waals surface area contributed by atoms with E-state index in [1.807, 2.05) is 0 Å². The zero-order valence-electron chi connectivity index (χ0n) is 10.9.